The Labute approximate surface area is 90.4 Å². The first-order valence-electron chi connectivity index (χ1n) is 4.90. The molecule has 5 nitrogen and oxygen atoms in total. The van der Waals surface area contributed by atoms with E-state index in [1.54, 1.807) is 5.06 Å². The molecular weight excluding hydrogens is 204 g/mol. The van der Waals surface area contributed by atoms with Gasteiger partial charge in [-0.3, -0.25) is 4.90 Å². The van der Waals surface area contributed by atoms with Crippen LogP contribution in [0.25, 0.3) is 0 Å². The molecule has 1 heterocycles. The van der Waals surface area contributed by atoms with Crippen LogP contribution in [0.2, 0.25) is 0 Å². The second-order valence-electron chi connectivity index (χ2n) is 3.23. The Morgan fingerprint density at radius 2 is 2.14 bits per heavy atom. The summed E-state index contributed by atoms with van der Waals surface area (Å²) < 4.78 is 9.61. The molecule has 0 radical (unpaired) electrons. The third-order valence-electron chi connectivity index (χ3n) is 2.07. The predicted octanol–water partition coefficient (Wildman–Crippen LogP) is 0.696. The van der Waals surface area contributed by atoms with Crippen LogP contribution in [-0.2, 0) is 14.1 Å². The monoisotopic (exact) mass is 222 g/mol. The van der Waals surface area contributed by atoms with Gasteiger partial charge >= 0.3 is 0 Å². The zero-order valence-corrected chi connectivity index (χ0v) is 9.41. The molecule has 0 aromatic carbocycles. The van der Waals surface area contributed by atoms with E-state index in [2.05, 4.69) is 29.1 Å². The smallest absolute Gasteiger partial charge is 0.0789 e. The fourth-order valence-corrected chi connectivity index (χ4v) is 1.49. The van der Waals surface area contributed by atoms with Gasteiger partial charge in [-0.25, -0.2) is 0 Å². The summed E-state index contributed by atoms with van der Waals surface area (Å²) in [6.45, 7) is 7.12. The lowest BCUT2D eigenvalue weighted by Crippen LogP contribution is -2.44. The first-order chi connectivity index (χ1) is 6.86. The summed E-state index contributed by atoms with van der Waals surface area (Å²) in [7, 11) is 0. The van der Waals surface area contributed by atoms with Crippen LogP contribution in [0.4, 0.5) is 0 Å². The highest BCUT2D eigenvalue weighted by molar-refractivity contribution is 7.74. The summed E-state index contributed by atoms with van der Waals surface area (Å²) in [6, 6.07) is 0. The summed E-state index contributed by atoms with van der Waals surface area (Å²) in [4.78, 5) is 7.16. The number of morpholine rings is 1. The van der Waals surface area contributed by atoms with E-state index in [9.17, 15) is 0 Å². The molecule has 0 amide bonds. The van der Waals surface area contributed by atoms with Crippen LogP contribution < -0.4 is 0 Å². The van der Waals surface area contributed by atoms with Gasteiger partial charge in [-0.2, -0.15) is 0 Å². The van der Waals surface area contributed by atoms with Crippen molar-refractivity contribution in [2.45, 2.75) is 13.3 Å². The minimum absolute atomic E-state index is 0.734. The molecule has 0 atom stereocenters. The van der Waals surface area contributed by atoms with E-state index in [-0.39, 0.29) is 0 Å². The number of ether oxygens (including phenoxy) is 1. The molecule has 0 aromatic rings. The topological polar surface area (TPSA) is 34.2 Å². The second-order valence-corrected chi connectivity index (χ2v) is 3.38. The standard InChI is InChI=1S/C8H18N2O3S/c1-2-3-10(12-13-14)8-9-4-6-11-7-5-9/h14H,2-8H2,1H3. The van der Waals surface area contributed by atoms with E-state index in [0.717, 1.165) is 45.9 Å². The van der Waals surface area contributed by atoms with Crippen molar-refractivity contribution in [1.29, 1.82) is 0 Å². The minimum Gasteiger partial charge on any atom is -0.379 e. The second kappa shape index (κ2) is 7.44. The van der Waals surface area contributed by atoms with Crippen LogP contribution in [0, 0.1) is 0 Å². The van der Waals surface area contributed by atoms with Crippen LogP contribution in [-0.4, -0.2) is 49.5 Å². The number of hydrogen-bond donors (Lipinski definition) is 1. The molecule has 0 saturated carbocycles. The van der Waals surface area contributed by atoms with Gasteiger partial charge in [0.1, 0.15) is 0 Å². The molecule has 6 heteroatoms. The molecule has 1 saturated heterocycles. The van der Waals surface area contributed by atoms with Gasteiger partial charge in [-0.1, -0.05) is 6.92 Å². The lowest BCUT2D eigenvalue weighted by Gasteiger charge is -2.30. The molecule has 0 N–H and O–H groups in total. The number of nitrogens with zero attached hydrogens (tertiary/aromatic N) is 2. The van der Waals surface area contributed by atoms with Crippen LogP contribution >= 0.6 is 12.9 Å². The Morgan fingerprint density at radius 3 is 2.71 bits per heavy atom. The molecule has 14 heavy (non-hydrogen) atoms. The van der Waals surface area contributed by atoms with E-state index in [0.29, 0.717) is 0 Å². The maximum Gasteiger partial charge on any atom is 0.0789 e. The van der Waals surface area contributed by atoms with Gasteiger partial charge in [0.2, 0.25) is 0 Å². The molecule has 0 aliphatic carbocycles. The molecule has 1 fully saturated rings. The van der Waals surface area contributed by atoms with Gasteiger partial charge in [-0.15, -0.1) is 14.4 Å². The van der Waals surface area contributed by atoms with Gasteiger partial charge in [0.05, 0.1) is 19.9 Å². The van der Waals surface area contributed by atoms with Gasteiger partial charge in [0, 0.05) is 32.5 Å². The van der Waals surface area contributed by atoms with Crippen molar-refractivity contribution in [3.8, 4) is 0 Å². The molecule has 0 unspecified atom stereocenters. The quantitative estimate of drug-likeness (QED) is 0.310. The van der Waals surface area contributed by atoms with Crippen molar-refractivity contribution in [3.63, 3.8) is 0 Å². The van der Waals surface area contributed by atoms with Crippen molar-refractivity contribution < 1.29 is 14.1 Å². The number of thiol groups is 1. The van der Waals surface area contributed by atoms with Crippen LogP contribution in [0.15, 0.2) is 0 Å². The van der Waals surface area contributed by atoms with Crippen molar-refractivity contribution in [2.75, 3.05) is 39.5 Å². The Balaban J connectivity index is 2.21. The SMILES string of the molecule is CCCN(CN1CCOCC1)OOS. The maximum atomic E-state index is 5.25. The zero-order chi connectivity index (χ0) is 10.2. The number of hydrogen-bond acceptors (Lipinski definition) is 6. The fourth-order valence-electron chi connectivity index (χ4n) is 1.39. The third kappa shape index (κ3) is 4.59. The fraction of sp³-hybridized carbons (Fsp3) is 1.00. The van der Waals surface area contributed by atoms with Crippen LogP contribution in [0.1, 0.15) is 13.3 Å². The summed E-state index contributed by atoms with van der Waals surface area (Å²) in [5.74, 6) is 0. The molecule has 0 aromatic heterocycles. The van der Waals surface area contributed by atoms with Crippen molar-refractivity contribution in [1.82, 2.24) is 9.96 Å². The van der Waals surface area contributed by atoms with Crippen molar-refractivity contribution in [3.05, 3.63) is 0 Å². The Morgan fingerprint density at radius 1 is 1.43 bits per heavy atom. The van der Waals surface area contributed by atoms with E-state index in [1.165, 1.54) is 0 Å². The van der Waals surface area contributed by atoms with Crippen molar-refractivity contribution >= 4 is 12.9 Å². The first-order valence-corrected chi connectivity index (χ1v) is 5.26. The van der Waals surface area contributed by atoms with Gasteiger partial charge in [0.25, 0.3) is 0 Å². The third-order valence-corrected chi connectivity index (χ3v) is 2.14. The van der Waals surface area contributed by atoms with E-state index < -0.39 is 0 Å². The molecule has 1 aliphatic rings. The highest BCUT2D eigenvalue weighted by Gasteiger charge is 2.14. The molecule has 84 valence electrons. The van der Waals surface area contributed by atoms with Crippen molar-refractivity contribution in [2.24, 2.45) is 0 Å². The maximum absolute atomic E-state index is 5.25. The Kier molecular flexibility index (Phi) is 6.50. The lowest BCUT2D eigenvalue weighted by atomic mass is 10.4. The number of hydroxylamine groups is 2. The highest BCUT2D eigenvalue weighted by atomic mass is 32.1. The van der Waals surface area contributed by atoms with Gasteiger partial charge in [0.15, 0.2) is 0 Å². The summed E-state index contributed by atoms with van der Waals surface area (Å²) in [5, 5.41) is 1.75. The summed E-state index contributed by atoms with van der Waals surface area (Å²) in [6.07, 6.45) is 1.02. The van der Waals surface area contributed by atoms with Crippen LogP contribution in [0.3, 0.4) is 0 Å². The van der Waals surface area contributed by atoms with Gasteiger partial charge < -0.3 is 4.74 Å². The van der Waals surface area contributed by atoms with Gasteiger partial charge in [-0.05, 0) is 6.42 Å². The summed E-state index contributed by atoms with van der Waals surface area (Å²) >= 11 is 3.56. The zero-order valence-electron chi connectivity index (χ0n) is 8.52. The minimum atomic E-state index is 0.734. The molecule has 0 bridgehead atoms. The summed E-state index contributed by atoms with van der Waals surface area (Å²) in [5.41, 5.74) is 0. The molecule has 0 spiro atoms. The van der Waals surface area contributed by atoms with E-state index in [1.807, 2.05) is 0 Å². The van der Waals surface area contributed by atoms with E-state index >= 15 is 0 Å². The average molecular weight is 222 g/mol. The predicted molar refractivity (Wildman–Crippen MR) is 55.4 cm³/mol. The Bertz CT molecular complexity index is 139. The first kappa shape index (κ1) is 12.2. The number of rotatable bonds is 6. The van der Waals surface area contributed by atoms with Crippen LogP contribution in [0.5, 0.6) is 0 Å². The largest absolute Gasteiger partial charge is 0.379 e. The Hall–Kier alpha value is 0.150. The normalized spacial score (nSPS) is 19.1. The van der Waals surface area contributed by atoms with E-state index in [4.69, 9.17) is 9.73 Å². The molecule has 1 aliphatic heterocycles. The molecule has 1 rings (SSSR count). The average Bonchev–Trinajstić information content (AvgIpc) is 2.20. The molecular formula is C8H18N2O3S. The highest BCUT2D eigenvalue weighted by Crippen LogP contribution is 2.02. The lowest BCUT2D eigenvalue weighted by molar-refractivity contribution is -0.368.